The smallest absolute Gasteiger partial charge is 0.0192 e. The Balaban J connectivity index is 2.15. The van der Waals surface area contributed by atoms with Crippen LogP contribution in [-0.2, 0) is 0 Å². The van der Waals surface area contributed by atoms with Crippen LogP contribution in [0.1, 0.15) is 19.3 Å². The quantitative estimate of drug-likeness (QED) is 0.587. The zero-order valence-electron chi connectivity index (χ0n) is 6.53. The molecule has 1 aliphatic heterocycles. The lowest BCUT2D eigenvalue weighted by Gasteiger charge is -2.13. The molecule has 0 aromatic carbocycles. The van der Waals surface area contributed by atoms with Crippen LogP contribution >= 0.6 is 0 Å². The van der Waals surface area contributed by atoms with Crippen LogP contribution in [0.3, 0.4) is 0 Å². The maximum absolute atomic E-state index is 3.84. The fraction of sp³-hybridized carbons (Fsp3) is 0.875. The zero-order valence-corrected chi connectivity index (χ0v) is 6.53. The largest absolute Gasteiger partial charge is 0.315 e. The van der Waals surface area contributed by atoms with Gasteiger partial charge in [-0.15, -0.1) is 0 Å². The Morgan fingerprint density at radius 2 is 2.30 bits per heavy atom. The topological polar surface area (TPSA) is 24.1 Å². The highest BCUT2D eigenvalue weighted by Crippen LogP contribution is 1.97. The molecule has 2 heteroatoms. The maximum Gasteiger partial charge on any atom is 0.0192 e. The summed E-state index contributed by atoms with van der Waals surface area (Å²) in [4.78, 5) is 0. The molecule has 1 atom stereocenters. The second kappa shape index (κ2) is 4.69. The van der Waals surface area contributed by atoms with Gasteiger partial charge in [0.15, 0.2) is 0 Å². The second-order valence-electron chi connectivity index (χ2n) is 2.85. The lowest BCUT2D eigenvalue weighted by Crippen LogP contribution is -2.34. The molecule has 0 aromatic heterocycles. The van der Waals surface area contributed by atoms with Crippen LogP contribution in [0.5, 0.6) is 0 Å². The third-order valence-corrected chi connectivity index (χ3v) is 1.91. The molecule has 2 N–H and O–H groups in total. The standard InChI is InChI=1S/C8H17N2/c1-2-4-8-7-9-5-3-6-10-8/h8-10H,1-7H2. The molecule has 0 aliphatic carbocycles. The molecule has 59 valence electrons. The highest BCUT2D eigenvalue weighted by molar-refractivity contribution is 4.73. The van der Waals surface area contributed by atoms with Gasteiger partial charge in [0.25, 0.3) is 0 Å². The van der Waals surface area contributed by atoms with Gasteiger partial charge in [0.2, 0.25) is 0 Å². The van der Waals surface area contributed by atoms with Crippen LogP contribution in [-0.4, -0.2) is 25.7 Å². The number of nitrogens with one attached hydrogen (secondary N) is 2. The predicted octanol–water partition coefficient (Wildman–Crippen LogP) is 0.552. The first-order valence-electron chi connectivity index (χ1n) is 4.17. The summed E-state index contributed by atoms with van der Waals surface area (Å²) in [5, 5.41) is 6.87. The highest BCUT2D eigenvalue weighted by Gasteiger charge is 2.08. The molecule has 0 saturated carbocycles. The van der Waals surface area contributed by atoms with Gasteiger partial charge in [-0.25, -0.2) is 0 Å². The molecule has 1 unspecified atom stereocenters. The SMILES string of the molecule is [CH2]CCC1CNCCCN1. The van der Waals surface area contributed by atoms with Gasteiger partial charge < -0.3 is 10.6 Å². The lowest BCUT2D eigenvalue weighted by molar-refractivity contribution is 0.497. The van der Waals surface area contributed by atoms with Crippen molar-refractivity contribution in [2.24, 2.45) is 0 Å². The fourth-order valence-corrected chi connectivity index (χ4v) is 1.32. The highest BCUT2D eigenvalue weighted by atomic mass is 15.0. The van der Waals surface area contributed by atoms with E-state index in [1.165, 1.54) is 19.4 Å². The first kappa shape index (κ1) is 8.02. The van der Waals surface area contributed by atoms with E-state index >= 15 is 0 Å². The molecule has 1 saturated heterocycles. The number of hydrogen-bond donors (Lipinski definition) is 2. The summed E-state index contributed by atoms with van der Waals surface area (Å²) in [5.41, 5.74) is 0. The molecule has 0 spiro atoms. The van der Waals surface area contributed by atoms with Crippen LogP contribution in [0.2, 0.25) is 0 Å². The van der Waals surface area contributed by atoms with Gasteiger partial charge in [-0.1, -0.05) is 13.3 Å². The molecule has 1 aliphatic rings. The molecule has 1 radical (unpaired) electrons. The summed E-state index contributed by atoms with van der Waals surface area (Å²) in [5.74, 6) is 0. The number of rotatable bonds is 2. The average molecular weight is 141 g/mol. The Labute approximate surface area is 63.4 Å². The maximum atomic E-state index is 3.84. The molecule has 0 aromatic rings. The predicted molar refractivity (Wildman–Crippen MR) is 43.9 cm³/mol. The fourth-order valence-electron chi connectivity index (χ4n) is 1.32. The summed E-state index contributed by atoms with van der Waals surface area (Å²) in [6.45, 7) is 7.29. The molecular formula is C8H17N2. The normalized spacial score (nSPS) is 27.9. The third kappa shape index (κ3) is 2.67. The van der Waals surface area contributed by atoms with E-state index in [1.807, 2.05) is 0 Å². The molecule has 2 nitrogen and oxygen atoms in total. The van der Waals surface area contributed by atoms with E-state index in [4.69, 9.17) is 0 Å². The van der Waals surface area contributed by atoms with Crippen molar-refractivity contribution in [2.45, 2.75) is 25.3 Å². The van der Waals surface area contributed by atoms with E-state index in [0.29, 0.717) is 6.04 Å². The zero-order chi connectivity index (χ0) is 7.23. The van der Waals surface area contributed by atoms with Crippen molar-refractivity contribution in [3.05, 3.63) is 6.92 Å². The van der Waals surface area contributed by atoms with E-state index in [-0.39, 0.29) is 0 Å². The van der Waals surface area contributed by atoms with Gasteiger partial charge in [-0.3, -0.25) is 0 Å². The molecule has 1 rings (SSSR count). The summed E-state index contributed by atoms with van der Waals surface area (Å²) in [7, 11) is 0. The minimum atomic E-state index is 0.667. The molecule has 1 fully saturated rings. The van der Waals surface area contributed by atoms with Gasteiger partial charge >= 0.3 is 0 Å². The van der Waals surface area contributed by atoms with E-state index in [0.717, 1.165) is 19.5 Å². The van der Waals surface area contributed by atoms with E-state index in [9.17, 15) is 0 Å². The van der Waals surface area contributed by atoms with Crippen LogP contribution in [0, 0.1) is 6.92 Å². The molecule has 0 bridgehead atoms. The first-order valence-corrected chi connectivity index (χ1v) is 4.17. The van der Waals surface area contributed by atoms with Crippen LogP contribution < -0.4 is 10.6 Å². The minimum absolute atomic E-state index is 0.667. The second-order valence-corrected chi connectivity index (χ2v) is 2.85. The average Bonchev–Trinajstić information content (AvgIpc) is 2.17. The van der Waals surface area contributed by atoms with E-state index in [2.05, 4.69) is 17.6 Å². The van der Waals surface area contributed by atoms with Crippen molar-refractivity contribution in [1.29, 1.82) is 0 Å². The van der Waals surface area contributed by atoms with Crippen molar-refractivity contribution in [3.63, 3.8) is 0 Å². The third-order valence-electron chi connectivity index (χ3n) is 1.91. The summed E-state index contributed by atoms with van der Waals surface area (Å²) >= 11 is 0. The van der Waals surface area contributed by atoms with Crippen molar-refractivity contribution >= 4 is 0 Å². The van der Waals surface area contributed by atoms with Gasteiger partial charge in [0.1, 0.15) is 0 Å². The van der Waals surface area contributed by atoms with Gasteiger partial charge in [-0.05, 0) is 25.9 Å². The molecule has 10 heavy (non-hydrogen) atoms. The van der Waals surface area contributed by atoms with Gasteiger partial charge in [0, 0.05) is 12.6 Å². The molecule has 1 heterocycles. The Morgan fingerprint density at radius 1 is 1.40 bits per heavy atom. The van der Waals surface area contributed by atoms with Gasteiger partial charge in [-0.2, -0.15) is 0 Å². The van der Waals surface area contributed by atoms with Crippen molar-refractivity contribution in [1.82, 2.24) is 10.6 Å². The van der Waals surface area contributed by atoms with E-state index in [1.54, 1.807) is 0 Å². The molecular weight excluding hydrogens is 124 g/mol. The monoisotopic (exact) mass is 141 g/mol. The number of hydrogen-bond acceptors (Lipinski definition) is 2. The summed E-state index contributed by atoms with van der Waals surface area (Å²) in [6, 6.07) is 0.667. The first-order chi connectivity index (χ1) is 4.93. The Morgan fingerprint density at radius 3 is 3.10 bits per heavy atom. The van der Waals surface area contributed by atoms with Crippen LogP contribution in [0.25, 0.3) is 0 Å². The minimum Gasteiger partial charge on any atom is -0.315 e. The Kier molecular flexibility index (Phi) is 3.76. The van der Waals surface area contributed by atoms with Gasteiger partial charge in [0.05, 0.1) is 0 Å². The molecule has 0 amide bonds. The van der Waals surface area contributed by atoms with Crippen LogP contribution in [0.4, 0.5) is 0 Å². The summed E-state index contributed by atoms with van der Waals surface area (Å²) < 4.78 is 0. The van der Waals surface area contributed by atoms with Crippen LogP contribution in [0.15, 0.2) is 0 Å². The summed E-state index contributed by atoms with van der Waals surface area (Å²) in [6.07, 6.45) is 3.50. The van der Waals surface area contributed by atoms with Crippen molar-refractivity contribution in [3.8, 4) is 0 Å². The Bertz CT molecular complexity index is 75.3. The van der Waals surface area contributed by atoms with E-state index < -0.39 is 0 Å². The lowest BCUT2D eigenvalue weighted by atomic mass is 10.2. The Hall–Kier alpha value is -0.0800. The van der Waals surface area contributed by atoms with Crippen molar-refractivity contribution < 1.29 is 0 Å². The van der Waals surface area contributed by atoms with Crippen molar-refractivity contribution in [2.75, 3.05) is 19.6 Å².